The molecule has 1 aromatic rings. The van der Waals surface area contributed by atoms with Crippen LogP contribution in [0.3, 0.4) is 0 Å². The number of carbonyl (C=O) groups is 1. The molecular weight excluding hydrogens is 273 g/mol. The van der Waals surface area contributed by atoms with E-state index in [1.165, 1.54) is 6.07 Å². The molecule has 0 aromatic heterocycles. The Balaban J connectivity index is 2.65. The van der Waals surface area contributed by atoms with Crippen LogP contribution in [0.15, 0.2) is 12.1 Å². The second-order valence-corrected chi connectivity index (χ2v) is 5.30. The first kappa shape index (κ1) is 15.1. The Morgan fingerprint density at radius 3 is 2.56 bits per heavy atom. The summed E-state index contributed by atoms with van der Waals surface area (Å²) in [5, 5.41) is 0.555. The molecule has 3 nitrogen and oxygen atoms in total. The smallest absolute Gasteiger partial charge is 0.341 e. The van der Waals surface area contributed by atoms with Gasteiger partial charge in [-0.05, 0) is 30.9 Å². The zero-order valence-corrected chi connectivity index (χ0v) is 12.0. The highest BCUT2D eigenvalue weighted by atomic mass is 35.5. The number of benzene rings is 1. The van der Waals surface area contributed by atoms with Gasteiger partial charge in [0.15, 0.2) is 0 Å². The Kier molecular flexibility index (Phi) is 5.76. The summed E-state index contributed by atoms with van der Waals surface area (Å²) >= 11 is 11.8. The number of halogens is 2. The quantitative estimate of drug-likeness (QED) is 0.503. The fourth-order valence-electron chi connectivity index (χ4n) is 1.50. The van der Waals surface area contributed by atoms with E-state index >= 15 is 0 Å². The number of hydrogen-bond acceptors (Lipinski definition) is 3. The van der Waals surface area contributed by atoms with Crippen LogP contribution in [0.2, 0.25) is 10.0 Å². The molecule has 1 rings (SSSR count). The first-order chi connectivity index (χ1) is 8.43. The van der Waals surface area contributed by atoms with E-state index in [2.05, 4.69) is 13.8 Å². The van der Waals surface area contributed by atoms with E-state index in [0.717, 1.165) is 12.8 Å². The molecule has 18 heavy (non-hydrogen) atoms. The van der Waals surface area contributed by atoms with E-state index in [1.54, 1.807) is 6.07 Å². The largest absolute Gasteiger partial charge is 0.462 e. The third kappa shape index (κ3) is 4.07. The summed E-state index contributed by atoms with van der Waals surface area (Å²) in [6.45, 7) is 4.60. The molecule has 0 atom stereocenters. The summed E-state index contributed by atoms with van der Waals surface area (Å²) in [5.74, 6) is 0.0623. The van der Waals surface area contributed by atoms with Crippen molar-refractivity contribution in [1.82, 2.24) is 0 Å². The van der Waals surface area contributed by atoms with Gasteiger partial charge in [0.25, 0.3) is 0 Å². The molecule has 0 amide bonds. The molecule has 0 aliphatic rings. The van der Waals surface area contributed by atoms with Crippen molar-refractivity contribution in [3.8, 4) is 0 Å². The molecule has 5 heteroatoms. The predicted molar refractivity (Wildman–Crippen MR) is 75.2 cm³/mol. The summed E-state index contributed by atoms with van der Waals surface area (Å²) < 4.78 is 5.13. The summed E-state index contributed by atoms with van der Waals surface area (Å²) in [6.07, 6.45) is 1.83. The molecule has 1 aromatic carbocycles. The van der Waals surface area contributed by atoms with E-state index in [4.69, 9.17) is 33.7 Å². The van der Waals surface area contributed by atoms with Crippen molar-refractivity contribution >= 4 is 34.9 Å². The lowest BCUT2D eigenvalue weighted by molar-refractivity contribution is 0.0496. The highest BCUT2D eigenvalue weighted by Gasteiger charge is 2.17. The predicted octanol–water partition coefficient (Wildman–Crippen LogP) is 4.17. The fraction of sp³-hybridized carbons (Fsp3) is 0.462. The Morgan fingerprint density at radius 1 is 1.33 bits per heavy atom. The van der Waals surface area contributed by atoms with Gasteiger partial charge in [0.05, 0.1) is 22.3 Å². The molecule has 2 N–H and O–H groups in total. The SMILES string of the molecule is CC(C)CCCOC(=O)c1c(Cl)ccc(Cl)c1N. The van der Waals surface area contributed by atoms with Crippen molar-refractivity contribution in [3.63, 3.8) is 0 Å². The highest BCUT2D eigenvalue weighted by Crippen LogP contribution is 2.29. The van der Waals surface area contributed by atoms with Crippen molar-refractivity contribution in [3.05, 3.63) is 27.7 Å². The molecule has 0 saturated carbocycles. The third-order valence-corrected chi connectivity index (χ3v) is 3.15. The summed E-state index contributed by atoms with van der Waals surface area (Å²) in [6, 6.07) is 3.08. The van der Waals surface area contributed by atoms with E-state index in [1.807, 2.05) is 0 Å². The fourth-order valence-corrected chi connectivity index (χ4v) is 1.90. The number of rotatable bonds is 5. The van der Waals surface area contributed by atoms with Gasteiger partial charge >= 0.3 is 5.97 Å². The number of esters is 1. The summed E-state index contributed by atoms with van der Waals surface area (Å²) in [7, 11) is 0. The van der Waals surface area contributed by atoms with Gasteiger partial charge in [0.2, 0.25) is 0 Å². The Bertz CT molecular complexity index is 433. The van der Waals surface area contributed by atoms with E-state index in [0.29, 0.717) is 17.5 Å². The van der Waals surface area contributed by atoms with Gasteiger partial charge in [-0.1, -0.05) is 37.0 Å². The maximum absolute atomic E-state index is 11.8. The zero-order chi connectivity index (χ0) is 13.7. The number of anilines is 1. The highest BCUT2D eigenvalue weighted by molar-refractivity contribution is 6.38. The van der Waals surface area contributed by atoms with Crippen LogP contribution >= 0.6 is 23.2 Å². The van der Waals surface area contributed by atoms with Crippen LogP contribution in [0.5, 0.6) is 0 Å². The summed E-state index contributed by atoms with van der Waals surface area (Å²) in [4.78, 5) is 11.8. The van der Waals surface area contributed by atoms with Crippen LogP contribution < -0.4 is 5.73 Å². The van der Waals surface area contributed by atoms with Crippen molar-refractivity contribution in [2.45, 2.75) is 26.7 Å². The van der Waals surface area contributed by atoms with Crippen molar-refractivity contribution < 1.29 is 9.53 Å². The van der Waals surface area contributed by atoms with Gasteiger partial charge in [-0.25, -0.2) is 4.79 Å². The van der Waals surface area contributed by atoms with Gasteiger partial charge in [-0.2, -0.15) is 0 Å². The molecule has 0 unspecified atom stereocenters. The molecule has 0 saturated heterocycles. The second-order valence-electron chi connectivity index (χ2n) is 4.49. The minimum Gasteiger partial charge on any atom is -0.462 e. The lowest BCUT2D eigenvalue weighted by atomic mass is 10.1. The lowest BCUT2D eigenvalue weighted by Crippen LogP contribution is -2.10. The lowest BCUT2D eigenvalue weighted by Gasteiger charge is -2.10. The van der Waals surface area contributed by atoms with Crippen molar-refractivity contribution in [2.24, 2.45) is 5.92 Å². The molecule has 0 spiro atoms. The average Bonchev–Trinajstić information content (AvgIpc) is 2.30. The van der Waals surface area contributed by atoms with Gasteiger partial charge in [0, 0.05) is 0 Å². The van der Waals surface area contributed by atoms with Crippen LogP contribution in [-0.2, 0) is 4.74 Å². The number of hydrogen-bond donors (Lipinski definition) is 1. The van der Waals surface area contributed by atoms with Gasteiger partial charge < -0.3 is 10.5 Å². The minimum absolute atomic E-state index is 0.147. The Hall–Kier alpha value is -0.930. The maximum atomic E-state index is 11.8. The van der Waals surface area contributed by atoms with Crippen LogP contribution in [0.4, 0.5) is 5.69 Å². The monoisotopic (exact) mass is 289 g/mol. The van der Waals surface area contributed by atoms with Crippen molar-refractivity contribution in [1.29, 1.82) is 0 Å². The Labute approximate surface area is 117 Å². The second kappa shape index (κ2) is 6.86. The molecule has 0 aliphatic heterocycles. The van der Waals surface area contributed by atoms with Crippen molar-refractivity contribution in [2.75, 3.05) is 12.3 Å². The maximum Gasteiger partial charge on any atom is 0.341 e. The Morgan fingerprint density at radius 2 is 1.94 bits per heavy atom. The minimum atomic E-state index is -0.524. The van der Waals surface area contributed by atoms with Crippen LogP contribution in [0, 0.1) is 5.92 Å². The topological polar surface area (TPSA) is 52.3 Å². The molecule has 0 bridgehead atoms. The summed E-state index contributed by atoms with van der Waals surface area (Å²) in [5.41, 5.74) is 6.03. The molecule has 0 heterocycles. The van der Waals surface area contributed by atoms with Crippen LogP contribution in [0.25, 0.3) is 0 Å². The zero-order valence-electron chi connectivity index (χ0n) is 10.5. The standard InChI is InChI=1S/C13H17Cl2NO2/c1-8(2)4-3-7-18-13(17)11-9(14)5-6-10(15)12(11)16/h5-6,8H,3-4,7,16H2,1-2H3. The van der Waals surface area contributed by atoms with Crippen LogP contribution in [0.1, 0.15) is 37.0 Å². The van der Waals surface area contributed by atoms with Gasteiger partial charge in [0.1, 0.15) is 5.56 Å². The number of ether oxygens (including phenoxy) is 1. The molecule has 0 fully saturated rings. The molecular formula is C13H17Cl2NO2. The third-order valence-electron chi connectivity index (χ3n) is 2.50. The number of nitrogens with two attached hydrogens (primary N) is 1. The van der Waals surface area contributed by atoms with Gasteiger partial charge in [-0.15, -0.1) is 0 Å². The van der Waals surface area contributed by atoms with E-state index in [-0.39, 0.29) is 16.3 Å². The molecule has 0 radical (unpaired) electrons. The van der Waals surface area contributed by atoms with Gasteiger partial charge in [-0.3, -0.25) is 0 Å². The number of nitrogen functional groups attached to an aromatic ring is 1. The average molecular weight is 290 g/mol. The van der Waals surface area contributed by atoms with E-state index in [9.17, 15) is 4.79 Å². The molecule has 0 aliphatic carbocycles. The van der Waals surface area contributed by atoms with Crippen LogP contribution in [-0.4, -0.2) is 12.6 Å². The first-order valence-electron chi connectivity index (χ1n) is 5.84. The molecule has 100 valence electrons. The van der Waals surface area contributed by atoms with E-state index < -0.39 is 5.97 Å². The normalized spacial score (nSPS) is 10.7. The first-order valence-corrected chi connectivity index (χ1v) is 6.59. The number of carbonyl (C=O) groups excluding carboxylic acids is 1.